The molecule has 2 aliphatic heterocycles. The van der Waals surface area contributed by atoms with Crippen molar-refractivity contribution in [2.75, 3.05) is 26.3 Å². The number of rotatable bonds is 2. The van der Waals surface area contributed by atoms with Gasteiger partial charge in [-0.25, -0.2) is 13.4 Å². The lowest BCUT2D eigenvalue weighted by Crippen LogP contribution is -2.41. The summed E-state index contributed by atoms with van der Waals surface area (Å²) >= 11 is 0. The molecule has 3 rings (SSSR count). The molecule has 1 fully saturated rings. The fourth-order valence-electron chi connectivity index (χ4n) is 2.60. The number of hydrogen-bond donors (Lipinski definition) is 0. The Hall–Kier alpha value is -1.57. The number of fused-ring (bicyclic) bond motifs is 1. The average Bonchev–Trinajstić information content (AvgIpc) is 2.47. The van der Waals surface area contributed by atoms with E-state index in [9.17, 15) is 13.2 Å². The number of allylic oxidation sites excluding steroid dienone is 4. The smallest absolute Gasteiger partial charge is 0.269 e. The van der Waals surface area contributed by atoms with Crippen molar-refractivity contribution >= 4 is 21.6 Å². The van der Waals surface area contributed by atoms with Gasteiger partial charge in [-0.05, 0) is 19.1 Å². The van der Waals surface area contributed by atoms with E-state index in [1.54, 1.807) is 12.2 Å². The molecule has 0 spiro atoms. The summed E-state index contributed by atoms with van der Waals surface area (Å²) in [6.45, 7) is 3.38. The van der Waals surface area contributed by atoms with Crippen LogP contribution in [-0.2, 0) is 19.6 Å². The molecule has 1 saturated heterocycles. The summed E-state index contributed by atoms with van der Waals surface area (Å²) in [4.78, 5) is 15.6. The van der Waals surface area contributed by atoms with Gasteiger partial charge in [0, 0.05) is 25.1 Å². The first-order valence-corrected chi connectivity index (χ1v) is 8.21. The van der Waals surface area contributed by atoms with Crippen molar-refractivity contribution in [3.8, 4) is 0 Å². The fourth-order valence-corrected chi connectivity index (χ4v) is 4.08. The first-order chi connectivity index (χ1) is 9.98. The summed E-state index contributed by atoms with van der Waals surface area (Å²) in [5, 5.41) is 0. The number of hydrogen-bond acceptors (Lipinski definition) is 4. The third-order valence-corrected chi connectivity index (χ3v) is 5.67. The second-order valence-corrected chi connectivity index (χ2v) is 7.10. The molecule has 1 aliphatic carbocycles. The molecular formula is C14H16N2O4S. The van der Waals surface area contributed by atoms with Gasteiger partial charge in [0.25, 0.3) is 5.91 Å². The van der Waals surface area contributed by atoms with Crippen LogP contribution in [0.5, 0.6) is 0 Å². The van der Waals surface area contributed by atoms with Gasteiger partial charge in [0.05, 0.1) is 23.8 Å². The van der Waals surface area contributed by atoms with Crippen molar-refractivity contribution in [2.24, 2.45) is 10.9 Å². The van der Waals surface area contributed by atoms with Gasteiger partial charge in [-0.2, -0.15) is 4.31 Å². The van der Waals surface area contributed by atoms with E-state index in [-0.39, 0.29) is 16.7 Å². The molecule has 21 heavy (non-hydrogen) atoms. The Balaban J connectivity index is 1.92. The van der Waals surface area contributed by atoms with Crippen LogP contribution in [0, 0.1) is 5.92 Å². The van der Waals surface area contributed by atoms with E-state index in [2.05, 4.69) is 4.99 Å². The highest BCUT2D eigenvalue weighted by Crippen LogP contribution is 2.28. The van der Waals surface area contributed by atoms with Crippen LogP contribution in [0.3, 0.4) is 0 Å². The summed E-state index contributed by atoms with van der Waals surface area (Å²) in [6.07, 6.45) is 6.25. The van der Waals surface area contributed by atoms with E-state index in [0.29, 0.717) is 32.0 Å². The van der Waals surface area contributed by atoms with Gasteiger partial charge < -0.3 is 4.74 Å². The highest BCUT2D eigenvalue weighted by Gasteiger charge is 2.31. The molecule has 0 radical (unpaired) electrons. The summed E-state index contributed by atoms with van der Waals surface area (Å²) in [7, 11) is -3.51. The molecule has 1 atom stereocenters. The predicted molar refractivity (Wildman–Crippen MR) is 78.2 cm³/mol. The van der Waals surface area contributed by atoms with Gasteiger partial charge >= 0.3 is 0 Å². The minimum absolute atomic E-state index is 0.237. The first-order valence-electron chi connectivity index (χ1n) is 6.77. The Kier molecular flexibility index (Phi) is 3.64. The van der Waals surface area contributed by atoms with Gasteiger partial charge in [0.2, 0.25) is 10.0 Å². The van der Waals surface area contributed by atoms with Crippen LogP contribution in [-0.4, -0.2) is 50.6 Å². The fraction of sp³-hybridized carbons (Fsp3) is 0.429. The minimum atomic E-state index is -3.51. The number of carbonyl (C=O) groups excluding carboxylic acids is 1. The predicted octanol–water partition coefficient (Wildman–Crippen LogP) is 0.646. The van der Waals surface area contributed by atoms with Crippen LogP contribution in [0.15, 0.2) is 39.8 Å². The highest BCUT2D eigenvalue weighted by atomic mass is 32.2. The van der Waals surface area contributed by atoms with E-state index in [0.717, 1.165) is 5.57 Å². The van der Waals surface area contributed by atoms with Crippen molar-refractivity contribution in [2.45, 2.75) is 6.92 Å². The third kappa shape index (κ3) is 2.64. The highest BCUT2D eigenvalue weighted by molar-refractivity contribution is 7.93. The number of dihydropyridines is 1. The van der Waals surface area contributed by atoms with Crippen LogP contribution >= 0.6 is 0 Å². The summed E-state index contributed by atoms with van der Waals surface area (Å²) in [5.41, 5.74) is 1.41. The zero-order chi connectivity index (χ0) is 15.0. The van der Waals surface area contributed by atoms with Crippen LogP contribution < -0.4 is 0 Å². The number of aliphatic imine (C=N–C) groups is 1. The SMILES string of the molecule is CC1=CC(=O)N=C2C=CC(S(=O)(=O)N3CCOCC3)=CC12. The molecule has 0 saturated carbocycles. The van der Waals surface area contributed by atoms with Gasteiger partial charge in [-0.3, -0.25) is 4.79 Å². The normalized spacial score (nSPS) is 26.8. The zero-order valence-corrected chi connectivity index (χ0v) is 12.5. The van der Waals surface area contributed by atoms with Gasteiger partial charge in [-0.15, -0.1) is 0 Å². The minimum Gasteiger partial charge on any atom is -0.379 e. The van der Waals surface area contributed by atoms with E-state index in [1.165, 1.54) is 16.5 Å². The van der Waals surface area contributed by atoms with Crippen LogP contribution in [0.25, 0.3) is 0 Å². The molecule has 2 heterocycles. The standard InChI is InChI=1S/C14H16N2O4S/c1-10-8-14(17)15-13-3-2-11(9-12(10)13)21(18,19)16-4-6-20-7-5-16/h2-3,8-9,12H,4-7H2,1H3. The Labute approximate surface area is 123 Å². The zero-order valence-electron chi connectivity index (χ0n) is 11.7. The van der Waals surface area contributed by atoms with Gasteiger partial charge in [0.1, 0.15) is 0 Å². The lowest BCUT2D eigenvalue weighted by Gasteiger charge is -2.28. The molecule has 1 unspecified atom stereocenters. The van der Waals surface area contributed by atoms with E-state index >= 15 is 0 Å². The Bertz CT molecular complexity index is 694. The van der Waals surface area contributed by atoms with Crippen molar-refractivity contribution in [1.29, 1.82) is 0 Å². The molecule has 3 aliphatic rings. The summed E-state index contributed by atoms with van der Waals surface area (Å²) < 4.78 is 31.8. The second-order valence-electron chi connectivity index (χ2n) is 5.16. The Morgan fingerprint density at radius 3 is 2.71 bits per heavy atom. The maximum atomic E-state index is 12.6. The van der Waals surface area contributed by atoms with Crippen molar-refractivity contribution in [3.05, 3.63) is 34.8 Å². The molecule has 0 bridgehead atoms. The van der Waals surface area contributed by atoms with E-state index in [4.69, 9.17) is 4.74 Å². The van der Waals surface area contributed by atoms with Crippen LogP contribution in [0.1, 0.15) is 6.92 Å². The Morgan fingerprint density at radius 2 is 2.00 bits per heavy atom. The average molecular weight is 308 g/mol. The molecule has 1 amide bonds. The number of carbonyl (C=O) groups is 1. The lowest BCUT2D eigenvalue weighted by molar-refractivity contribution is -0.113. The molecule has 0 aromatic rings. The van der Waals surface area contributed by atoms with Crippen LogP contribution in [0.2, 0.25) is 0 Å². The van der Waals surface area contributed by atoms with Gasteiger partial charge in [0.15, 0.2) is 0 Å². The topological polar surface area (TPSA) is 76.0 Å². The van der Waals surface area contributed by atoms with Crippen molar-refractivity contribution in [3.63, 3.8) is 0 Å². The monoisotopic (exact) mass is 308 g/mol. The number of morpholine rings is 1. The maximum Gasteiger partial charge on any atom is 0.269 e. The molecular weight excluding hydrogens is 292 g/mol. The second kappa shape index (κ2) is 5.32. The number of sulfonamides is 1. The number of nitrogens with zero attached hydrogens (tertiary/aromatic N) is 2. The summed E-state index contributed by atoms with van der Waals surface area (Å²) in [5.74, 6) is -0.533. The quantitative estimate of drug-likeness (QED) is 0.750. The maximum absolute atomic E-state index is 12.6. The third-order valence-electron chi connectivity index (χ3n) is 3.76. The largest absolute Gasteiger partial charge is 0.379 e. The molecule has 0 N–H and O–H groups in total. The van der Waals surface area contributed by atoms with Crippen LogP contribution in [0.4, 0.5) is 0 Å². The van der Waals surface area contributed by atoms with E-state index in [1.807, 2.05) is 6.92 Å². The number of amides is 1. The Morgan fingerprint density at radius 1 is 1.29 bits per heavy atom. The van der Waals surface area contributed by atoms with Gasteiger partial charge in [-0.1, -0.05) is 11.6 Å². The molecule has 7 heteroatoms. The molecule has 0 aromatic carbocycles. The van der Waals surface area contributed by atoms with E-state index < -0.39 is 10.0 Å². The van der Waals surface area contributed by atoms with Crippen molar-refractivity contribution in [1.82, 2.24) is 4.31 Å². The molecule has 0 aromatic heterocycles. The molecule has 6 nitrogen and oxygen atoms in total. The van der Waals surface area contributed by atoms with Crippen molar-refractivity contribution < 1.29 is 17.9 Å². The molecule has 112 valence electrons. The number of ether oxygens (including phenoxy) is 1. The lowest BCUT2D eigenvalue weighted by atomic mass is 9.89. The first kappa shape index (κ1) is 14.4. The summed E-state index contributed by atoms with van der Waals surface area (Å²) in [6, 6.07) is 0.